The Labute approximate surface area is 134 Å². The molecule has 1 N–H and O–H groups in total. The summed E-state index contributed by atoms with van der Waals surface area (Å²) < 4.78 is 5.52. The number of likely N-dealkylation sites (N-methyl/N-ethyl adjacent to an activating group) is 1. The van der Waals surface area contributed by atoms with Crippen molar-refractivity contribution in [2.24, 2.45) is 0 Å². The van der Waals surface area contributed by atoms with E-state index in [2.05, 4.69) is 45.9 Å². The van der Waals surface area contributed by atoms with E-state index in [1.807, 2.05) is 6.07 Å². The highest BCUT2D eigenvalue weighted by atomic mass is 32.1. The second kappa shape index (κ2) is 7.05. The van der Waals surface area contributed by atoms with E-state index in [-0.39, 0.29) is 12.0 Å². The lowest BCUT2D eigenvalue weighted by Crippen LogP contribution is -2.48. The van der Waals surface area contributed by atoms with Gasteiger partial charge in [0, 0.05) is 31.6 Å². The van der Waals surface area contributed by atoms with Crippen LogP contribution in [0.5, 0.6) is 0 Å². The van der Waals surface area contributed by atoms with Crippen LogP contribution in [0, 0.1) is 0 Å². The number of thiophene rings is 1. The minimum Gasteiger partial charge on any atom is -0.366 e. The topological polar surface area (TPSA) is 41.6 Å². The highest BCUT2D eigenvalue weighted by molar-refractivity contribution is 7.10. The van der Waals surface area contributed by atoms with Crippen LogP contribution in [0.3, 0.4) is 0 Å². The number of morpholine rings is 1. The number of hydrogen-bond acceptors (Lipinski definition) is 4. The first-order chi connectivity index (χ1) is 10.8. The molecule has 1 amide bonds. The molecule has 1 saturated heterocycles. The Bertz CT molecular complexity index is 627. The van der Waals surface area contributed by atoms with Crippen LogP contribution in [0.4, 0.5) is 0 Å². The fraction of sp³-hybridized carbons (Fsp3) is 0.353. The number of benzene rings is 1. The van der Waals surface area contributed by atoms with Gasteiger partial charge >= 0.3 is 0 Å². The summed E-state index contributed by atoms with van der Waals surface area (Å²) in [6.45, 7) is 2.99. The second-order valence-electron chi connectivity index (χ2n) is 5.38. The van der Waals surface area contributed by atoms with Crippen LogP contribution in [0.15, 0.2) is 41.8 Å². The monoisotopic (exact) mass is 316 g/mol. The smallest absolute Gasteiger partial charge is 0.250 e. The maximum Gasteiger partial charge on any atom is 0.250 e. The molecule has 0 aliphatic carbocycles. The van der Waals surface area contributed by atoms with Crippen LogP contribution < -0.4 is 5.32 Å². The minimum atomic E-state index is -0.354. The molecule has 2 heterocycles. The van der Waals surface area contributed by atoms with Gasteiger partial charge in [0.25, 0.3) is 0 Å². The molecule has 2 aromatic rings. The number of amides is 1. The lowest BCUT2D eigenvalue weighted by molar-refractivity contribution is -0.138. The lowest BCUT2D eigenvalue weighted by Gasteiger charge is -2.31. The van der Waals surface area contributed by atoms with Crippen molar-refractivity contribution >= 4 is 17.2 Å². The van der Waals surface area contributed by atoms with Gasteiger partial charge in [-0.2, -0.15) is 0 Å². The molecule has 1 fully saturated rings. The maximum absolute atomic E-state index is 11.7. The van der Waals surface area contributed by atoms with Crippen molar-refractivity contribution in [3.63, 3.8) is 0 Å². The van der Waals surface area contributed by atoms with E-state index in [0.717, 1.165) is 13.1 Å². The molecule has 1 aromatic heterocycles. The van der Waals surface area contributed by atoms with Gasteiger partial charge in [-0.15, -0.1) is 11.3 Å². The zero-order valence-electron chi connectivity index (χ0n) is 12.6. The quantitative estimate of drug-likeness (QED) is 0.941. The summed E-state index contributed by atoms with van der Waals surface area (Å²) in [6.07, 6.45) is -0.354. The average molecular weight is 316 g/mol. The van der Waals surface area contributed by atoms with Crippen molar-refractivity contribution in [3.05, 3.63) is 46.7 Å². The zero-order valence-corrected chi connectivity index (χ0v) is 13.4. The van der Waals surface area contributed by atoms with Crippen LogP contribution in [0.25, 0.3) is 11.1 Å². The summed E-state index contributed by atoms with van der Waals surface area (Å²) in [5.74, 6) is -0.0409. The Hall–Kier alpha value is -1.69. The Kier molecular flexibility index (Phi) is 4.87. The van der Waals surface area contributed by atoms with Gasteiger partial charge < -0.3 is 10.1 Å². The molecule has 1 aromatic carbocycles. The normalized spacial score (nSPS) is 19.0. The molecule has 1 unspecified atom stereocenters. The second-order valence-corrected chi connectivity index (χ2v) is 6.37. The fourth-order valence-corrected chi connectivity index (χ4v) is 3.57. The number of nitrogens with zero attached hydrogens (tertiary/aromatic N) is 1. The molecule has 116 valence electrons. The predicted molar refractivity (Wildman–Crippen MR) is 88.8 cm³/mol. The molecule has 0 bridgehead atoms. The van der Waals surface area contributed by atoms with Gasteiger partial charge in [-0.25, -0.2) is 0 Å². The van der Waals surface area contributed by atoms with E-state index in [1.165, 1.54) is 16.0 Å². The third kappa shape index (κ3) is 3.55. The highest BCUT2D eigenvalue weighted by Crippen LogP contribution is 2.26. The Balaban J connectivity index is 1.64. The molecule has 1 atom stereocenters. The first kappa shape index (κ1) is 15.2. The van der Waals surface area contributed by atoms with E-state index in [0.29, 0.717) is 13.2 Å². The third-order valence-electron chi connectivity index (χ3n) is 3.83. The first-order valence-corrected chi connectivity index (χ1v) is 8.32. The van der Waals surface area contributed by atoms with Crippen molar-refractivity contribution in [2.45, 2.75) is 12.6 Å². The zero-order chi connectivity index (χ0) is 15.4. The number of rotatable bonds is 4. The Morgan fingerprint density at radius 2 is 2.18 bits per heavy atom. The highest BCUT2D eigenvalue weighted by Gasteiger charge is 2.26. The lowest BCUT2D eigenvalue weighted by atomic mass is 10.1. The molecule has 0 saturated carbocycles. The largest absolute Gasteiger partial charge is 0.366 e. The molecule has 0 radical (unpaired) electrons. The molecule has 3 rings (SSSR count). The van der Waals surface area contributed by atoms with Crippen molar-refractivity contribution in [2.75, 3.05) is 26.7 Å². The first-order valence-electron chi connectivity index (χ1n) is 7.44. The summed E-state index contributed by atoms with van der Waals surface area (Å²) in [4.78, 5) is 15.3. The number of carbonyl (C=O) groups excluding carboxylic acids is 1. The summed E-state index contributed by atoms with van der Waals surface area (Å²) >= 11 is 1.77. The van der Waals surface area contributed by atoms with E-state index in [4.69, 9.17) is 4.74 Å². The molecule has 4 nitrogen and oxygen atoms in total. The van der Waals surface area contributed by atoms with Crippen LogP contribution >= 0.6 is 11.3 Å². The Morgan fingerprint density at radius 3 is 2.95 bits per heavy atom. The van der Waals surface area contributed by atoms with Crippen molar-refractivity contribution in [1.82, 2.24) is 10.2 Å². The predicted octanol–water partition coefficient (Wildman–Crippen LogP) is 2.36. The van der Waals surface area contributed by atoms with Gasteiger partial charge in [-0.1, -0.05) is 30.3 Å². The van der Waals surface area contributed by atoms with Gasteiger partial charge in [0.1, 0.15) is 6.10 Å². The summed E-state index contributed by atoms with van der Waals surface area (Å²) in [7, 11) is 1.65. The molecule has 1 aliphatic rings. The van der Waals surface area contributed by atoms with E-state index < -0.39 is 0 Å². The van der Waals surface area contributed by atoms with E-state index >= 15 is 0 Å². The van der Waals surface area contributed by atoms with Gasteiger partial charge in [-0.3, -0.25) is 9.69 Å². The third-order valence-corrected chi connectivity index (χ3v) is 4.75. The van der Waals surface area contributed by atoms with Crippen LogP contribution in [0.2, 0.25) is 0 Å². The number of carbonyl (C=O) groups is 1. The van der Waals surface area contributed by atoms with Crippen LogP contribution in [-0.2, 0) is 16.1 Å². The molecule has 0 spiro atoms. The standard InChI is InChI=1S/C17H20N2O2S/c1-18-17(20)16-11-19(7-8-21-16)10-15-9-14(12-22-15)13-5-3-2-4-6-13/h2-6,9,12,16H,7-8,10-11H2,1H3,(H,18,20). The Morgan fingerprint density at radius 1 is 1.36 bits per heavy atom. The van der Waals surface area contributed by atoms with Crippen molar-refractivity contribution in [1.29, 1.82) is 0 Å². The average Bonchev–Trinajstić information content (AvgIpc) is 3.03. The minimum absolute atomic E-state index is 0.0409. The summed E-state index contributed by atoms with van der Waals surface area (Å²) in [5.41, 5.74) is 2.51. The van der Waals surface area contributed by atoms with Gasteiger partial charge in [0.05, 0.1) is 6.61 Å². The number of hydrogen-bond donors (Lipinski definition) is 1. The van der Waals surface area contributed by atoms with Gasteiger partial charge in [0.15, 0.2) is 0 Å². The van der Waals surface area contributed by atoms with Crippen molar-refractivity contribution < 1.29 is 9.53 Å². The molecule has 5 heteroatoms. The fourth-order valence-electron chi connectivity index (χ4n) is 2.63. The van der Waals surface area contributed by atoms with E-state index in [1.54, 1.807) is 18.4 Å². The number of nitrogens with one attached hydrogen (secondary N) is 1. The summed E-state index contributed by atoms with van der Waals surface area (Å²) in [6, 6.07) is 12.6. The van der Waals surface area contributed by atoms with Gasteiger partial charge in [0.2, 0.25) is 5.91 Å². The van der Waals surface area contributed by atoms with E-state index in [9.17, 15) is 4.79 Å². The molecule has 22 heavy (non-hydrogen) atoms. The molecular weight excluding hydrogens is 296 g/mol. The molecular formula is C17H20N2O2S. The summed E-state index contributed by atoms with van der Waals surface area (Å²) in [5, 5.41) is 4.85. The van der Waals surface area contributed by atoms with Crippen LogP contribution in [-0.4, -0.2) is 43.7 Å². The maximum atomic E-state index is 11.7. The van der Waals surface area contributed by atoms with Crippen LogP contribution in [0.1, 0.15) is 4.88 Å². The van der Waals surface area contributed by atoms with Crippen molar-refractivity contribution in [3.8, 4) is 11.1 Å². The SMILES string of the molecule is CNC(=O)C1CN(Cc2cc(-c3ccccc3)cs2)CCO1. The van der Waals surface area contributed by atoms with Gasteiger partial charge in [-0.05, 0) is 22.6 Å². The molecule has 1 aliphatic heterocycles. The number of ether oxygens (including phenoxy) is 1.